The number of nitriles is 1. The van der Waals surface area contributed by atoms with Gasteiger partial charge in [0.25, 0.3) is 0 Å². The summed E-state index contributed by atoms with van der Waals surface area (Å²) in [5.41, 5.74) is 1.22. The van der Waals surface area contributed by atoms with Crippen molar-refractivity contribution in [1.82, 2.24) is 10.2 Å². The molecule has 0 spiro atoms. The highest BCUT2D eigenvalue weighted by atomic mass is 16.5. The second-order valence-corrected chi connectivity index (χ2v) is 4.49. The smallest absolute Gasteiger partial charge is 0.174 e. The van der Waals surface area contributed by atoms with E-state index in [-0.39, 0.29) is 6.61 Å². The van der Waals surface area contributed by atoms with Crippen LogP contribution in [0, 0.1) is 11.3 Å². The predicted molar refractivity (Wildman–Crippen MR) is 72.5 cm³/mol. The molecule has 0 aromatic heterocycles. The number of hydrogen-bond donors (Lipinski definition) is 1. The van der Waals surface area contributed by atoms with Gasteiger partial charge in [0.2, 0.25) is 0 Å². The van der Waals surface area contributed by atoms with Crippen molar-refractivity contribution >= 4 is 0 Å². The Bertz CT molecular complexity index is 381. The first-order valence-electron chi connectivity index (χ1n) is 6.11. The number of likely N-dealkylation sites (N-methyl/N-ethyl adjacent to an activating group) is 1. The first kappa shape index (κ1) is 14.5. The zero-order valence-corrected chi connectivity index (χ0v) is 11.3. The second-order valence-electron chi connectivity index (χ2n) is 4.49. The summed E-state index contributed by atoms with van der Waals surface area (Å²) in [5.74, 6) is 0.737. The molecule has 1 aromatic rings. The highest BCUT2D eigenvalue weighted by molar-refractivity contribution is 5.29. The van der Waals surface area contributed by atoms with Gasteiger partial charge in [0, 0.05) is 19.1 Å². The lowest BCUT2D eigenvalue weighted by molar-refractivity contribution is 0.367. The minimum absolute atomic E-state index is 0.0932. The van der Waals surface area contributed by atoms with Gasteiger partial charge < -0.3 is 15.0 Å². The average molecular weight is 247 g/mol. The molecule has 0 bridgehead atoms. The van der Waals surface area contributed by atoms with E-state index in [1.807, 2.05) is 30.3 Å². The summed E-state index contributed by atoms with van der Waals surface area (Å²) in [6, 6.07) is 10.1. The van der Waals surface area contributed by atoms with E-state index < -0.39 is 0 Å². The Balaban J connectivity index is 2.43. The average Bonchev–Trinajstić information content (AvgIpc) is 2.36. The van der Waals surface area contributed by atoms with Crippen LogP contribution in [0.3, 0.4) is 0 Å². The van der Waals surface area contributed by atoms with E-state index in [9.17, 15) is 0 Å². The zero-order valence-electron chi connectivity index (χ0n) is 11.3. The van der Waals surface area contributed by atoms with Crippen LogP contribution in [0.1, 0.15) is 18.5 Å². The van der Waals surface area contributed by atoms with Crippen LogP contribution in [0.4, 0.5) is 0 Å². The quantitative estimate of drug-likeness (QED) is 0.798. The molecule has 1 rings (SSSR count). The molecule has 0 amide bonds. The number of benzene rings is 1. The minimum Gasteiger partial charge on any atom is -0.479 e. The van der Waals surface area contributed by atoms with Crippen molar-refractivity contribution < 1.29 is 4.74 Å². The highest BCUT2D eigenvalue weighted by Crippen LogP contribution is 2.17. The van der Waals surface area contributed by atoms with Crippen molar-refractivity contribution in [2.75, 3.05) is 33.8 Å². The molecule has 18 heavy (non-hydrogen) atoms. The van der Waals surface area contributed by atoms with Gasteiger partial charge in [0.05, 0.1) is 0 Å². The maximum Gasteiger partial charge on any atom is 0.174 e. The summed E-state index contributed by atoms with van der Waals surface area (Å²) in [6.45, 7) is 4.21. The molecule has 0 radical (unpaired) electrons. The molecule has 1 unspecified atom stereocenters. The maximum atomic E-state index is 8.42. The van der Waals surface area contributed by atoms with Gasteiger partial charge in [0.1, 0.15) is 11.8 Å². The molecular weight excluding hydrogens is 226 g/mol. The fourth-order valence-corrected chi connectivity index (χ4v) is 1.59. The van der Waals surface area contributed by atoms with Gasteiger partial charge in [-0.15, -0.1) is 0 Å². The number of nitrogens with one attached hydrogen (secondary N) is 1. The van der Waals surface area contributed by atoms with E-state index in [2.05, 4.69) is 31.2 Å². The summed E-state index contributed by atoms with van der Waals surface area (Å²) < 4.78 is 5.21. The van der Waals surface area contributed by atoms with Crippen molar-refractivity contribution in [1.29, 1.82) is 5.26 Å². The van der Waals surface area contributed by atoms with Crippen molar-refractivity contribution in [2.45, 2.75) is 13.0 Å². The lowest BCUT2D eigenvalue weighted by Crippen LogP contribution is -2.28. The largest absolute Gasteiger partial charge is 0.479 e. The molecule has 1 atom stereocenters. The summed E-state index contributed by atoms with van der Waals surface area (Å²) in [5, 5.41) is 11.9. The fourth-order valence-electron chi connectivity index (χ4n) is 1.59. The van der Waals surface area contributed by atoms with Gasteiger partial charge in [-0.25, -0.2) is 0 Å². The zero-order chi connectivity index (χ0) is 13.4. The van der Waals surface area contributed by atoms with Gasteiger partial charge >= 0.3 is 0 Å². The van der Waals surface area contributed by atoms with Crippen LogP contribution in [0.25, 0.3) is 0 Å². The van der Waals surface area contributed by atoms with Gasteiger partial charge in [-0.3, -0.25) is 0 Å². The lowest BCUT2D eigenvalue weighted by Gasteiger charge is -2.16. The van der Waals surface area contributed by atoms with Gasteiger partial charge in [-0.1, -0.05) is 12.1 Å². The summed E-state index contributed by atoms with van der Waals surface area (Å²) in [4.78, 5) is 2.15. The molecule has 0 aliphatic heterocycles. The van der Waals surface area contributed by atoms with Crippen molar-refractivity contribution in [2.24, 2.45) is 0 Å². The predicted octanol–water partition coefficient (Wildman–Crippen LogP) is 1.80. The van der Waals surface area contributed by atoms with Crippen LogP contribution in [-0.2, 0) is 0 Å². The van der Waals surface area contributed by atoms with E-state index in [4.69, 9.17) is 10.00 Å². The molecule has 1 aromatic carbocycles. The number of ether oxygens (including phenoxy) is 1. The fraction of sp³-hybridized carbons (Fsp3) is 0.500. The molecule has 0 heterocycles. The van der Waals surface area contributed by atoms with Crippen LogP contribution in [0.2, 0.25) is 0 Å². The van der Waals surface area contributed by atoms with Gasteiger partial charge in [-0.05, 0) is 38.7 Å². The SMILES string of the molecule is CC(NCCN(C)C)c1ccc(OCC#N)cc1. The number of nitrogens with zero attached hydrogens (tertiary/aromatic N) is 2. The van der Waals surface area contributed by atoms with Gasteiger partial charge in [-0.2, -0.15) is 5.26 Å². The lowest BCUT2D eigenvalue weighted by atomic mass is 10.1. The first-order valence-corrected chi connectivity index (χ1v) is 6.11. The molecule has 0 fully saturated rings. The molecule has 0 saturated carbocycles. The standard InChI is InChI=1S/C14H21N3O/c1-12(16-9-10-17(2)3)13-4-6-14(7-5-13)18-11-8-15/h4-7,12,16H,9-11H2,1-3H3. The van der Waals surface area contributed by atoms with Crippen molar-refractivity contribution in [3.63, 3.8) is 0 Å². The summed E-state index contributed by atoms with van der Waals surface area (Å²) >= 11 is 0. The van der Waals surface area contributed by atoms with E-state index in [0.717, 1.165) is 18.8 Å². The molecule has 0 aliphatic rings. The van der Waals surface area contributed by atoms with Crippen LogP contribution < -0.4 is 10.1 Å². The summed E-state index contributed by atoms with van der Waals surface area (Å²) in [7, 11) is 4.13. The van der Waals surface area contributed by atoms with Crippen LogP contribution >= 0.6 is 0 Å². The number of hydrogen-bond acceptors (Lipinski definition) is 4. The molecule has 4 nitrogen and oxygen atoms in total. The third-order valence-electron chi connectivity index (χ3n) is 2.69. The monoisotopic (exact) mass is 247 g/mol. The third-order valence-corrected chi connectivity index (χ3v) is 2.69. The Hall–Kier alpha value is -1.57. The van der Waals surface area contributed by atoms with Crippen LogP contribution in [-0.4, -0.2) is 38.7 Å². The Morgan fingerprint density at radius 1 is 1.33 bits per heavy atom. The van der Waals surface area contributed by atoms with E-state index >= 15 is 0 Å². The molecule has 0 saturated heterocycles. The van der Waals surface area contributed by atoms with Gasteiger partial charge in [0.15, 0.2) is 6.61 Å². The van der Waals surface area contributed by atoms with Crippen molar-refractivity contribution in [3.8, 4) is 11.8 Å². The minimum atomic E-state index is 0.0932. The number of rotatable bonds is 7. The molecule has 0 aliphatic carbocycles. The normalized spacial score (nSPS) is 12.2. The Morgan fingerprint density at radius 3 is 2.56 bits per heavy atom. The Kier molecular flexibility index (Phi) is 6.20. The van der Waals surface area contributed by atoms with Crippen molar-refractivity contribution in [3.05, 3.63) is 29.8 Å². The first-order chi connectivity index (χ1) is 8.63. The summed E-state index contributed by atoms with van der Waals surface area (Å²) in [6.07, 6.45) is 0. The third kappa shape index (κ3) is 5.17. The maximum absolute atomic E-state index is 8.42. The molecule has 98 valence electrons. The van der Waals surface area contributed by atoms with E-state index in [1.54, 1.807) is 0 Å². The van der Waals surface area contributed by atoms with E-state index in [0.29, 0.717) is 6.04 Å². The topological polar surface area (TPSA) is 48.3 Å². The van der Waals surface area contributed by atoms with E-state index in [1.165, 1.54) is 5.56 Å². The Morgan fingerprint density at radius 2 is 2.00 bits per heavy atom. The van der Waals surface area contributed by atoms with Crippen LogP contribution in [0.15, 0.2) is 24.3 Å². The molecule has 4 heteroatoms. The van der Waals surface area contributed by atoms with Crippen LogP contribution in [0.5, 0.6) is 5.75 Å². The second kappa shape index (κ2) is 7.70. The molecule has 1 N–H and O–H groups in total. The highest BCUT2D eigenvalue weighted by Gasteiger charge is 2.04. The molecular formula is C14H21N3O. The Labute approximate surface area is 109 Å².